The van der Waals surface area contributed by atoms with E-state index < -0.39 is 0 Å². The maximum absolute atomic E-state index is 13.0. The van der Waals surface area contributed by atoms with Gasteiger partial charge in [-0.15, -0.1) is 11.3 Å². The molecule has 3 aromatic rings. The molecule has 1 unspecified atom stereocenters. The summed E-state index contributed by atoms with van der Waals surface area (Å²) in [7, 11) is 3.89. The second-order valence-electron chi connectivity index (χ2n) is 6.63. The highest BCUT2D eigenvalue weighted by molar-refractivity contribution is 7.18. The fourth-order valence-corrected chi connectivity index (χ4v) is 4.25. The third kappa shape index (κ3) is 2.83. The number of nitrogens with one attached hydrogen (secondary N) is 1. The van der Waals surface area contributed by atoms with Crippen molar-refractivity contribution in [2.45, 2.75) is 25.9 Å². The molecule has 1 aliphatic rings. The van der Waals surface area contributed by atoms with Gasteiger partial charge in [-0.1, -0.05) is 12.1 Å². The van der Waals surface area contributed by atoms with E-state index in [1.165, 1.54) is 0 Å². The molecule has 1 atom stereocenters. The van der Waals surface area contributed by atoms with E-state index >= 15 is 0 Å². The molecule has 1 N–H and O–H groups in total. The number of hydrogen-bond donors (Lipinski definition) is 1. The number of fused-ring (bicyclic) bond motifs is 2. The first-order valence-corrected chi connectivity index (χ1v) is 9.23. The third-order valence-corrected chi connectivity index (χ3v) is 6.10. The number of carbonyl (C=O) groups is 1. The monoisotopic (exact) mass is 355 g/mol. The number of likely N-dealkylation sites (N-methyl/N-ethyl adjacent to an activating group) is 1. The van der Waals surface area contributed by atoms with Gasteiger partial charge in [0.25, 0.3) is 5.91 Å². The number of aromatic nitrogens is 3. The highest BCUT2D eigenvalue weighted by atomic mass is 32.1. The van der Waals surface area contributed by atoms with E-state index in [1.807, 2.05) is 32.2 Å². The SMILES string of the molecule is CC(c1nc2ccccc2s1)N(C)C(=O)c1n[nH]c2c1CN(C)CC2. The summed E-state index contributed by atoms with van der Waals surface area (Å²) in [5, 5.41) is 8.30. The van der Waals surface area contributed by atoms with E-state index in [0.717, 1.165) is 46.0 Å². The lowest BCUT2D eigenvalue weighted by Crippen LogP contribution is -2.32. The molecule has 4 rings (SSSR count). The minimum atomic E-state index is -0.0985. The van der Waals surface area contributed by atoms with Crippen molar-refractivity contribution < 1.29 is 4.79 Å². The number of H-pyrrole nitrogens is 1. The number of amides is 1. The average molecular weight is 355 g/mol. The lowest BCUT2D eigenvalue weighted by atomic mass is 10.1. The molecule has 0 fully saturated rings. The van der Waals surface area contributed by atoms with Gasteiger partial charge in [0, 0.05) is 37.8 Å². The number of aromatic amines is 1. The van der Waals surface area contributed by atoms with E-state index in [-0.39, 0.29) is 11.9 Å². The highest BCUT2D eigenvalue weighted by Gasteiger charge is 2.28. The molecule has 2 aromatic heterocycles. The zero-order valence-electron chi connectivity index (χ0n) is 14.6. The Kier molecular flexibility index (Phi) is 4.05. The number of hydrogen-bond acceptors (Lipinski definition) is 5. The first-order chi connectivity index (χ1) is 12.0. The number of carbonyl (C=O) groups excluding carboxylic acids is 1. The first kappa shape index (κ1) is 16.2. The molecular formula is C18H21N5OS. The summed E-state index contributed by atoms with van der Waals surface area (Å²) in [6.07, 6.45) is 0.906. The molecule has 0 bridgehead atoms. The fraction of sp³-hybridized carbons (Fsp3) is 0.389. The van der Waals surface area contributed by atoms with Crippen LogP contribution in [0.25, 0.3) is 10.2 Å². The van der Waals surface area contributed by atoms with E-state index in [0.29, 0.717) is 5.69 Å². The van der Waals surface area contributed by atoms with Gasteiger partial charge in [0.05, 0.1) is 16.3 Å². The summed E-state index contributed by atoms with van der Waals surface area (Å²) >= 11 is 1.64. The van der Waals surface area contributed by atoms with E-state index in [1.54, 1.807) is 16.2 Å². The van der Waals surface area contributed by atoms with Crippen LogP contribution in [0.15, 0.2) is 24.3 Å². The maximum Gasteiger partial charge on any atom is 0.275 e. The largest absolute Gasteiger partial charge is 0.331 e. The topological polar surface area (TPSA) is 65.1 Å². The summed E-state index contributed by atoms with van der Waals surface area (Å²) in [6.45, 7) is 3.76. The summed E-state index contributed by atoms with van der Waals surface area (Å²) in [5.74, 6) is -0.0560. The molecule has 3 heterocycles. The molecule has 25 heavy (non-hydrogen) atoms. The van der Waals surface area contributed by atoms with Crippen molar-refractivity contribution in [2.24, 2.45) is 0 Å². The van der Waals surface area contributed by atoms with Gasteiger partial charge in [0.15, 0.2) is 5.69 Å². The van der Waals surface area contributed by atoms with Crippen LogP contribution in [0.3, 0.4) is 0 Å². The van der Waals surface area contributed by atoms with Gasteiger partial charge in [0.2, 0.25) is 0 Å². The predicted molar refractivity (Wildman–Crippen MR) is 98.8 cm³/mol. The van der Waals surface area contributed by atoms with Crippen molar-refractivity contribution >= 4 is 27.5 Å². The Morgan fingerprint density at radius 2 is 2.20 bits per heavy atom. The molecule has 1 aliphatic heterocycles. The van der Waals surface area contributed by atoms with Crippen LogP contribution in [-0.4, -0.2) is 51.5 Å². The van der Waals surface area contributed by atoms with Gasteiger partial charge < -0.3 is 9.80 Å². The Hall–Kier alpha value is -2.25. The standard InChI is InChI=1S/C18H21N5OS/c1-11(17-19-14-6-4-5-7-15(14)25-17)23(3)18(24)16-12-10-22(2)9-8-13(12)20-21-16/h4-7,11H,8-10H2,1-3H3,(H,20,21). The lowest BCUT2D eigenvalue weighted by Gasteiger charge is -2.25. The normalized spacial score (nSPS) is 16.0. The zero-order chi connectivity index (χ0) is 17.6. The Labute approximate surface area is 150 Å². The molecule has 1 amide bonds. The van der Waals surface area contributed by atoms with Crippen LogP contribution < -0.4 is 0 Å². The molecule has 6 nitrogen and oxygen atoms in total. The van der Waals surface area contributed by atoms with Gasteiger partial charge in [-0.25, -0.2) is 4.98 Å². The van der Waals surface area contributed by atoms with E-state index in [9.17, 15) is 4.79 Å². The molecule has 0 saturated carbocycles. The molecule has 0 radical (unpaired) electrons. The Balaban J connectivity index is 1.61. The summed E-state index contributed by atoms with van der Waals surface area (Å²) < 4.78 is 1.14. The van der Waals surface area contributed by atoms with Crippen molar-refractivity contribution in [1.29, 1.82) is 0 Å². The quantitative estimate of drug-likeness (QED) is 0.785. The van der Waals surface area contributed by atoms with Gasteiger partial charge >= 0.3 is 0 Å². The second-order valence-corrected chi connectivity index (χ2v) is 7.69. The zero-order valence-corrected chi connectivity index (χ0v) is 15.4. The lowest BCUT2D eigenvalue weighted by molar-refractivity contribution is 0.0734. The third-order valence-electron chi connectivity index (χ3n) is 4.90. The number of rotatable bonds is 3. The highest BCUT2D eigenvalue weighted by Crippen LogP contribution is 2.30. The van der Waals surface area contributed by atoms with Crippen LogP contribution in [0.5, 0.6) is 0 Å². The molecule has 0 saturated heterocycles. The van der Waals surface area contributed by atoms with Crippen LogP contribution in [0.4, 0.5) is 0 Å². The van der Waals surface area contributed by atoms with Gasteiger partial charge in [0.1, 0.15) is 5.01 Å². The predicted octanol–water partition coefficient (Wildman–Crippen LogP) is 2.84. The fourth-order valence-electron chi connectivity index (χ4n) is 3.18. The molecule has 7 heteroatoms. The van der Waals surface area contributed by atoms with Crippen LogP contribution in [0.2, 0.25) is 0 Å². The van der Waals surface area contributed by atoms with Crippen molar-refractivity contribution in [1.82, 2.24) is 25.0 Å². The van der Waals surface area contributed by atoms with Gasteiger partial charge in [-0.05, 0) is 26.1 Å². The maximum atomic E-state index is 13.0. The van der Waals surface area contributed by atoms with Crippen molar-refractivity contribution in [3.63, 3.8) is 0 Å². The Bertz CT molecular complexity index is 898. The average Bonchev–Trinajstić information content (AvgIpc) is 3.23. The van der Waals surface area contributed by atoms with Crippen LogP contribution in [-0.2, 0) is 13.0 Å². The van der Waals surface area contributed by atoms with Crippen LogP contribution in [0.1, 0.15) is 39.7 Å². The Morgan fingerprint density at radius 1 is 1.40 bits per heavy atom. The smallest absolute Gasteiger partial charge is 0.275 e. The van der Waals surface area contributed by atoms with Crippen molar-refractivity contribution in [3.8, 4) is 0 Å². The second kappa shape index (κ2) is 6.24. The van der Waals surface area contributed by atoms with E-state index in [2.05, 4.69) is 33.2 Å². The molecule has 1 aromatic carbocycles. The van der Waals surface area contributed by atoms with Crippen LogP contribution >= 0.6 is 11.3 Å². The minimum absolute atomic E-state index is 0.0560. The number of para-hydroxylation sites is 1. The molecule has 0 spiro atoms. The molecular weight excluding hydrogens is 334 g/mol. The minimum Gasteiger partial charge on any atom is -0.331 e. The first-order valence-electron chi connectivity index (χ1n) is 8.42. The molecule has 0 aliphatic carbocycles. The Morgan fingerprint density at radius 3 is 3.00 bits per heavy atom. The number of thiazole rings is 1. The van der Waals surface area contributed by atoms with Gasteiger partial charge in [-0.3, -0.25) is 9.89 Å². The van der Waals surface area contributed by atoms with Crippen molar-refractivity contribution in [3.05, 3.63) is 46.2 Å². The molecule has 130 valence electrons. The summed E-state index contributed by atoms with van der Waals surface area (Å²) in [5.41, 5.74) is 3.63. The van der Waals surface area contributed by atoms with Gasteiger partial charge in [-0.2, -0.15) is 5.10 Å². The number of nitrogens with zero attached hydrogens (tertiary/aromatic N) is 4. The van der Waals surface area contributed by atoms with E-state index in [4.69, 9.17) is 0 Å². The number of benzene rings is 1. The summed E-state index contributed by atoms with van der Waals surface area (Å²) in [6, 6.07) is 7.96. The van der Waals surface area contributed by atoms with Crippen LogP contribution in [0, 0.1) is 0 Å². The summed E-state index contributed by atoms with van der Waals surface area (Å²) in [4.78, 5) is 21.7. The van der Waals surface area contributed by atoms with Crippen molar-refractivity contribution in [2.75, 3.05) is 20.6 Å².